The van der Waals surface area contributed by atoms with Gasteiger partial charge in [0.1, 0.15) is 0 Å². The van der Waals surface area contributed by atoms with Crippen LogP contribution in [0.3, 0.4) is 0 Å². The van der Waals surface area contributed by atoms with Crippen LogP contribution in [0.1, 0.15) is 71.4 Å². The van der Waals surface area contributed by atoms with Gasteiger partial charge < -0.3 is 18.9 Å². The largest absolute Gasteiger partial charge is 0.493 e. The highest BCUT2D eigenvalue weighted by Gasteiger charge is 2.25. The lowest BCUT2D eigenvalue weighted by atomic mass is 9.81. The van der Waals surface area contributed by atoms with Crippen LogP contribution < -0.4 is 18.9 Å². The van der Waals surface area contributed by atoms with Gasteiger partial charge in [-0.3, -0.25) is 4.79 Å². The summed E-state index contributed by atoms with van der Waals surface area (Å²) in [7, 11) is 3.29. The minimum absolute atomic E-state index is 0.0931. The number of ether oxygens (including phenoxy) is 4. The molecule has 5 heteroatoms. The van der Waals surface area contributed by atoms with Crippen molar-refractivity contribution in [3.05, 3.63) is 58.7 Å². The molecule has 0 radical (unpaired) electrons. The van der Waals surface area contributed by atoms with E-state index in [1.807, 2.05) is 48.6 Å². The van der Waals surface area contributed by atoms with Crippen LogP contribution in [0.5, 0.6) is 23.0 Å². The summed E-state index contributed by atoms with van der Waals surface area (Å²) in [4.78, 5) is 13.5. The molecular formula is C33H44O5. The van der Waals surface area contributed by atoms with Crippen molar-refractivity contribution in [2.45, 2.75) is 60.3 Å². The monoisotopic (exact) mass is 520 g/mol. The second-order valence-electron chi connectivity index (χ2n) is 11.1. The molecule has 2 aromatic rings. The third kappa shape index (κ3) is 8.41. The summed E-state index contributed by atoms with van der Waals surface area (Å²) >= 11 is 0. The highest BCUT2D eigenvalue weighted by Crippen LogP contribution is 2.35. The highest BCUT2D eigenvalue weighted by atomic mass is 16.5. The fraction of sp³-hybridized carbons (Fsp3) is 0.485. The molecule has 0 spiro atoms. The topological polar surface area (TPSA) is 54.0 Å². The number of benzene rings is 2. The molecule has 1 aliphatic carbocycles. The summed E-state index contributed by atoms with van der Waals surface area (Å²) in [6, 6.07) is 11.7. The van der Waals surface area contributed by atoms with E-state index in [-0.39, 0.29) is 5.78 Å². The molecule has 0 heterocycles. The molecule has 38 heavy (non-hydrogen) atoms. The van der Waals surface area contributed by atoms with E-state index in [1.165, 1.54) is 0 Å². The number of hydrogen-bond acceptors (Lipinski definition) is 5. The third-order valence-electron chi connectivity index (χ3n) is 6.68. The van der Waals surface area contributed by atoms with Gasteiger partial charge in [0.15, 0.2) is 28.8 Å². The van der Waals surface area contributed by atoms with Crippen molar-refractivity contribution in [3.8, 4) is 23.0 Å². The summed E-state index contributed by atoms with van der Waals surface area (Å²) in [5, 5.41) is 0. The van der Waals surface area contributed by atoms with E-state index in [2.05, 4.69) is 34.6 Å². The van der Waals surface area contributed by atoms with Crippen molar-refractivity contribution in [3.63, 3.8) is 0 Å². The molecule has 1 saturated carbocycles. The van der Waals surface area contributed by atoms with Gasteiger partial charge >= 0.3 is 0 Å². The molecule has 0 N–H and O–H groups in total. The number of Topliss-reactive ketones (excluding diaryl/α,β-unsaturated/α-hetero) is 1. The SMILES string of the molecule is COc1cc(/C=C2/CC(C)C/C(=C\c3ccc(OCCC(C)C)c(OC)c3)C2=O)ccc1OCCC(C)C. The lowest BCUT2D eigenvalue weighted by molar-refractivity contribution is -0.113. The molecule has 206 valence electrons. The van der Waals surface area contributed by atoms with Gasteiger partial charge in [0, 0.05) is 11.1 Å². The molecule has 1 atom stereocenters. The Morgan fingerprint density at radius 1 is 0.737 bits per heavy atom. The summed E-state index contributed by atoms with van der Waals surface area (Å²) in [5.41, 5.74) is 3.48. The smallest absolute Gasteiger partial charge is 0.185 e. The van der Waals surface area contributed by atoms with Gasteiger partial charge in [0.05, 0.1) is 27.4 Å². The Hall–Kier alpha value is -3.21. The molecule has 1 unspecified atom stereocenters. The molecule has 1 aliphatic rings. The van der Waals surface area contributed by atoms with Crippen LogP contribution in [0.2, 0.25) is 0 Å². The fourth-order valence-corrected chi connectivity index (χ4v) is 4.46. The van der Waals surface area contributed by atoms with Crippen LogP contribution in [0.25, 0.3) is 12.2 Å². The molecule has 5 nitrogen and oxygen atoms in total. The van der Waals surface area contributed by atoms with Crippen molar-refractivity contribution in [2.24, 2.45) is 17.8 Å². The lowest BCUT2D eigenvalue weighted by Crippen LogP contribution is -2.18. The zero-order chi connectivity index (χ0) is 27.7. The Kier molecular flexibility index (Phi) is 10.9. The number of carbonyl (C=O) groups excluding carboxylic acids is 1. The zero-order valence-electron chi connectivity index (χ0n) is 24.1. The first kappa shape index (κ1) is 29.3. The minimum atomic E-state index is 0.0931. The first-order chi connectivity index (χ1) is 18.2. The predicted molar refractivity (Wildman–Crippen MR) is 155 cm³/mol. The van der Waals surface area contributed by atoms with Crippen LogP contribution >= 0.6 is 0 Å². The van der Waals surface area contributed by atoms with Gasteiger partial charge in [-0.25, -0.2) is 0 Å². The number of hydrogen-bond donors (Lipinski definition) is 0. The van der Waals surface area contributed by atoms with Gasteiger partial charge in [-0.1, -0.05) is 46.8 Å². The van der Waals surface area contributed by atoms with Gasteiger partial charge in [0.25, 0.3) is 0 Å². The fourth-order valence-electron chi connectivity index (χ4n) is 4.46. The van der Waals surface area contributed by atoms with E-state index in [0.717, 1.165) is 59.5 Å². The number of allylic oxidation sites excluding steroid dienone is 2. The molecule has 0 bridgehead atoms. The van der Waals surface area contributed by atoms with E-state index < -0.39 is 0 Å². The van der Waals surface area contributed by atoms with Crippen molar-refractivity contribution in [1.82, 2.24) is 0 Å². The molecule has 0 saturated heterocycles. The number of rotatable bonds is 12. The lowest BCUT2D eigenvalue weighted by Gasteiger charge is -2.23. The maximum absolute atomic E-state index is 13.5. The van der Waals surface area contributed by atoms with Crippen molar-refractivity contribution in [1.29, 1.82) is 0 Å². The van der Waals surface area contributed by atoms with Crippen molar-refractivity contribution < 1.29 is 23.7 Å². The maximum atomic E-state index is 13.5. The second kappa shape index (κ2) is 14.1. The maximum Gasteiger partial charge on any atom is 0.185 e. The van der Waals surface area contributed by atoms with Crippen LogP contribution in [-0.4, -0.2) is 33.2 Å². The van der Waals surface area contributed by atoms with Crippen molar-refractivity contribution in [2.75, 3.05) is 27.4 Å². The Morgan fingerprint density at radius 3 is 1.53 bits per heavy atom. The molecule has 3 rings (SSSR count). The average Bonchev–Trinajstić information content (AvgIpc) is 2.87. The average molecular weight is 521 g/mol. The Bertz CT molecular complexity index is 1050. The second-order valence-corrected chi connectivity index (χ2v) is 11.1. The summed E-state index contributed by atoms with van der Waals surface area (Å²) in [6.07, 6.45) is 7.43. The predicted octanol–water partition coefficient (Wildman–Crippen LogP) is 8.02. The molecular weight excluding hydrogens is 476 g/mol. The number of methoxy groups -OCH3 is 2. The Morgan fingerprint density at radius 2 is 1.16 bits per heavy atom. The molecule has 2 aromatic carbocycles. The Labute approximate surface area is 228 Å². The van der Waals surface area contributed by atoms with Gasteiger partial charge in [-0.2, -0.15) is 0 Å². The van der Waals surface area contributed by atoms with Crippen molar-refractivity contribution >= 4 is 17.9 Å². The van der Waals surface area contributed by atoms with Crippen LogP contribution in [0, 0.1) is 17.8 Å². The van der Waals surface area contributed by atoms with E-state index >= 15 is 0 Å². The minimum Gasteiger partial charge on any atom is -0.493 e. The quantitative estimate of drug-likeness (QED) is 0.265. The van der Waals surface area contributed by atoms with E-state index in [0.29, 0.717) is 42.5 Å². The first-order valence-corrected chi connectivity index (χ1v) is 13.8. The zero-order valence-corrected chi connectivity index (χ0v) is 24.1. The molecule has 1 fully saturated rings. The highest BCUT2D eigenvalue weighted by molar-refractivity contribution is 6.14. The number of carbonyl (C=O) groups is 1. The van der Waals surface area contributed by atoms with E-state index in [9.17, 15) is 4.79 Å². The van der Waals surface area contributed by atoms with Gasteiger partial charge in [-0.15, -0.1) is 0 Å². The summed E-state index contributed by atoms with van der Waals surface area (Å²) in [5.74, 6) is 4.43. The van der Waals surface area contributed by atoms with E-state index in [1.54, 1.807) is 14.2 Å². The summed E-state index contributed by atoms with van der Waals surface area (Å²) < 4.78 is 23.0. The molecule has 0 aliphatic heterocycles. The standard InChI is InChI=1S/C33H44O5/c1-22(2)12-14-37-29-10-8-25(20-31(29)35-6)18-27-16-24(5)17-28(33(27)34)19-26-9-11-30(32(21-26)36-7)38-15-13-23(3)4/h8-11,18-24H,12-17H2,1-7H3/b27-18-,28-19+. The molecule has 0 aromatic heterocycles. The Balaban J connectivity index is 1.80. The van der Waals surface area contributed by atoms with Gasteiger partial charge in [-0.05, 0) is 91.0 Å². The van der Waals surface area contributed by atoms with Crippen LogP contribution in [-0.2, 0) is 4.79 Å². The third-order valence-corrected chi connectivity index (χ3v) is 6.68. The van der Waals surface area contributed by atoms with Gasteiger partial charge in [0.2, 0.25) is 0 Å². The molecule has 0 amide bonds. The van der Waals surface area contributed by atoms with Crippen LogP contribution in [0.15, 0.2) is 47.5 Å². The summed E-state index contributed by atoms with van der Waals surface area (Å²) in [6.45, 7) is 12.2. The van der Waals surface area contributed by atoms with Crippen LogP contribution in [0.4, 0.5) is 0 Å². The number of ketones is 1. The normalized spacial score (nSPS) is 17.9. The van der Waals surface area contributed by atoms with E-state index in [4.69, 9.17) is 18.9 Å². The first-order valence-electron chi connectivity index (χ1n) is 13.8.